The lowest BCUT2D eigenvalue weighted by atomic mass is 9.84. The predicted molar refractivity (Wildman–Crippen MR) is 86.8 cm³/mol. The molecule has 0 aromatic heterocycles. The normalized spacial score (nSPS) is 46.6. The Morgan fingerprint density at radius 1 is 1.20 bits per heavy atom. The third kappa shape index (κ3) is 2.75. The highest BCUT2D eigenvalue weighted by Crippen LogP contribution is 2.53. The van der Waals surface area contributed by atoms with Crippen LogP contribution in [0.3, 0.4) is 0 Å². The molecule has 0 radical (unpaired) electrons. The van der Waals surface area contributed by atoms with E-state index in [1.165, 1.54) is 0 Å². The van der Waals surface area contributed by atoms with Crippen LogP contribution in [0, 0.1) is 5.92 Å². The molecule has 4 rings (SSSR count). The second-order valence-corrected chi connectivity index (χ2v) is 8.30. The Bertz CT molecular complexity index is 669. The Morgan fingerprint density at radius 2 is 1.96 bits per heavy atom. The van der Waals surface area contributed by atoms with Gasteiger partial charge < -0.3 is 14.2 Å². The zero-order chi connectivity index (χ0) is 18.0. The lowest BCUT2D eigenvalue weighted by molar-refractivity contribution is -0.158. The van der Waals surface area contributed by atoms with E-state index in [9.17, 15) is 14.4 Å². The van der Waals surface area contributed by atoms with Gasteiger partial charge in [-0.05, 0) is 32.6 Å². The maximum Gasteiger partial charge on any atom is 0.341 e. The molecule has 25 heavy (non-hydrogen) atoms. The quantitative estimate of drug-likeness (QED) is 0.409. The number of hydrogen-bond donors (Lipinski definition) is 0. The molecule has 6 nitrogen and oxygen atoms in total. The van der Waals surface area contributed by atoms with Crippen LogP contribution in [0.15, 0.2) is 12.2 Å². The Labute approximate surface area is 146 Å². The standard InChI is InChI=1S/C19H24O6/c1-10(2)11-4-5-19-16(25-19)15(23-17(19)22)9-18(3)8-13(21)14(24-18)7-12(20)6-11/h11,14-16H,1,4-9H2,2-3H3/t11-,14+,15+,16+,18-,19+/m1/s1. The summed E-state index contributed by atoms with van der Waals surface area (Å²) in [4.78, 5) is 37.1. The van der Waals surface area contributed by atoms with Gasteiger partial charge in [-0.25, -0.2) is 4.79 Å². The van der Waals surface area contributed by atoms with Crippen LogP contribution in [-0.4, -0.2) is 47.0 Å². The number of rotatable bonds is 1. The smallest absolute Gasteiger partial charge is 0.341 e. The van der Waals surface area contributed by atoms with Gasteiger partial charge in [-0.2, -0.15) is 0 Å². The van der Waals surface area contributed by atoms with Crippen LogP contribution in [0.4, 0.5) is 0 Å². The highest BCUT2D eigenvalue weighted by atomic mass is 16.7. The van der Waals surface area contributed by atoms with Gasteiger partial charge in [0.2, 0.25) is 0 Å². The van der Waals surface area contributed by atoms with Gasteiger partial charge in [-0.1, -0.05) is 12.2 Å². The summed E-state index contributed by atoms with van der Waals surface area (Å²) in [5, 5.41) is 0. The Kier molecular flexibility index (Phi) is 3.71. The molecule has 4 bridgehead atoms. The van der Waals surface area contributed by atoms with Crippen LogP contribution in [0.25, 0.3) is 0 Å². The summed E-state index contributed by atoms with van der Waals surface area (Å²) in [6.07, 6.45) is 0.945. The van der Waals surface area contributed by atoms with Gasteiger partial charge in [-0.15, -0.1) is 0 Å². The molecule has 0 N–H and O–H groups in total. The van der Waals surface area contributed by atoms with Gasteiger partial charge in [0.05, 0.1) is 5.60 Å². The molecule has 4 saturated heterocycles. The van der Waals surface area contributed by atoms with Crippen LogP contribution in [0.1, 0.15) is 52.4 Å². The first-order valence-corrected chi connectivity index (χ1v) is 8.99. The summed E-state index contributed by atoms with van der Waals surface area (Å²) in [5.74, 6) is -0.390. The first-order chi connectivity index (χ1) is 11.7. The predicted octanol–water partition coefficient (Wildman–Crippen LogP) is 1.89. The molecular weight excluding hydrogens is 324 g/mol. The average molecular weight is 348 g/mol. The lowest BCUT2D eigenvalue weighted by Crippen LogP contribution is -2.33. The highest BCUT2D eigenvalue weighted by Gasteiger charge is 2.73. The van der Waals surface area contributed by atoms with Crippen LogP contribution in [-0.2, 0) is 28.6 Å². The first kappa shape index (κ1) is 16.9. The van der Waals surface area contributed by atoms with E-state index in [-0.39, 0.29) is 48.5 Å². The molecule has 0 unspecified atom stereocenters. The molecule has 4 fully saturated rings. The van der Waals surface area contributed by atoms with Crippen molar-refractivity contribution in [3.63, 3.8) is 0 Å². The zero-order valence-electron chi connectivity index (χ0n) is 14.7. The minimum absolute atomic E-state index is 0.00773. The first-order valence-electron chi connectivity index (χ1n) is 8.99. The number of ether oxygens (including phenoxy) is 3. The summed E-state index contributed by atoms with van der Waals surface area (Å²) >= 11 is 0. The number of ketones is 2. The van der Waals surface area contributed by atoms with Gasteiger partial charge in [-0.3, -0.25) is 9.59 Å². The molecular formula is C19H24O6. The Hall–Kier alpha value is -1.53. The lowest BCUT2D eigenvalue weighted by Gasteiger charge is -2.27. The van der Waals surface area contributed by atoms with Gasteiger partial charge in [0.25, 0.3) is 0 Å². The molecule has 136 valence electrons. The minimum Gasteiger partial charge on any atom is -0.457 e. The summed E-state index contributed by atoms with van der Waals surface area (Å²) in [6.45, 7) is 7.72. The van der Waals surface area contributed by atoms with Crippen molar-refractivity contribution >= 4 is 17.5 Å². The second kappa shape index (κ2) is 5.48. The molecule has 0 aromatic rings. The van der Waals surface area contributed by atoms with Crippen molar-refractivity contribution in [2.45, 2.75) is 81.9 Å². The van der Waals surface area contributed by atoms with Crippen LogP contribution >= 0.6 is 0 Å². The fourth-order valence-electron chi connectivity index (χ4n) is 4.59. The number of epoxide rings is 1. The van der Waals surface area contributed by atoms with E-state index in [4.69, 9.17) is 14.2 Å². The monoisotopic (exact) mass is 348 g/mol. The summed E-state index contributed by atoms with van der Waals surface area (Å²) in [7, 11) is 0. The second-order valence-electron chi connectivity index (χ2n) is 8.30. The fourth-order valence-corrected chi connectivity index (χ4v) is 4.59. The molecule has 0 spiro atoms. The van der Waals surface area contributed by atoms with E-state index in [1.807, 2.05) is 13.8 Å². The molecule has 6 heteroatoms. The molecule has 4 aliphatic rings. The van der Waals surface area contributed by atoms with Crippen LogP contribution in [0.2, 0.25) is 0 Å². The van der Waals surface area contributed by atoms with E-state index in [0.717, 1.165) is 5.57 Å². The molecule has 0 aliphatic carbocycles. The number of allylic oxidation sites excluding steroid dienone is 1. The SMILES string of the molecule is C=C(C)[C@@H]1CC[C@]23O[C@H]2[C@H](C[C@@]2(C)CC(=O)[C@H](CC(=O)C1)O2)OC3=O. The fraction of sp³-hybridized carbons (Fsp3) is 0.737. The van der Waals surface area contributed by atoms with Gasteiger partial charge in [0.1, 0.15) is 24.1 Å². The maximum absolute atomic E-state index is 12.5. The van der Waals surface area contributed by atoms with Crippen molar-refractivity contribution in [2.24, 2.45) is 5.92 Å². The summed E-state index contributed by atoms with van der Waals surface area (Å²) in [5.41, 5.74) is -0.673. The van der Waals surface area contributed by atoms with Crippen molar-refractivity contribution in [2.75, 3.05) is 0 Å². The Morgan fingerprint density at radius 3 is 2.64 bits per heavy atom. The van der Waals surface area contributed by atoms with Crippen molar-refractivity contribution in [3.05, 3.63) is 12.2 Å². The van der Waals surface area contributed by atoms with Crippen molar-refractivity contribution in [1.29, 1.82) is 0 Å². The topological polar surface area (TPSA) is 82.2 Å². The van der Waals surface area contributed by atoms with Gasteiger partial charge >= 0.3 is 5.97 Å². The molecule has 0 aromatic carbocycles. The van der Waals surface area contributed by atoms with E-state index in [2.05, 4.69) is 6.58 Å². The van der Waals surface area contributed by atoms with E-state index >= 15 is 0 Å². The number of hydrogen-bond acceptors (Lipinski definition) is 6. The van der Waals surface area contributed by atoms with Crippen molar-refractivity contribution < 1.29 is 28.6 Å². The largest absolute Gasteiger partial charge is 0.457 e. The number of carbonyl (C=O) groups is 3. The minimum atomic E-state index is -0.867. The van der Waals surface area contributed by atoms with Crippen LogP contribution < -0.4 is 0 Å². The average Bonchev–Trinajstić information content (AvgIpc) is 3.10. The summed E-state index contributed by atoms with van der Waals surface area (Å²) < 4.78 is 17.3. The molecule has 4 aliphatic heterocycles. The molecule has 6 atom stereocenters. The van der Waals surface area contributed by atoms with Crippen molar-refractivity contribution in [3.8, 4) is 0 Å². The van der Waals surface area contributed by atoms with Crippen molar-refractivity contribution in [1.82, 2.24) is 0 Å². The number of fused-ring (bicyclic) bond motifs is 2. The highest BCUT2D eigenvalue weighted by molar-refractivity contribution is 5.92. The number of carbonyl (C=O) groups excluding carboxylic acids is 3. The maximum atomic E-state index is 12.5. The third-order valence-electron chi connectivity index (χ3n) is 6.10. The van der Waals surface area contributed by atoms with Crippen LogP contribution in [0.5, 0.6) is 0 Å². The number of esters is 1. The van der Waals surface area contributed by atoms with E-state index in [1.54, 1.807) is 0 Å². The van der Waals surface area contributed by atoms with Gasteiger partial charge in [0.15, 0.2) is 11.4 Å². The summed E-state index contributed by atoms with van der Waals surface area (Å²) in [6, 6.07) is 0. The van der Waals surface area contributed by atoms with E-state index < -0.39 is 17.3 Å². The molecule has 0 saturated carbocycles. The van der Waals surface area contributed by atoms with Gasteiger partial charge in [0, 0.05) is 25.7 Å². The number of Topliss-reactive ketones (excluding diaryl/α,β-unsaturated/α-hetero) is 2. The van der Waals surface area contributed by atoms with E-state index in [0.29, 0.717) is 25.7 Å². The third-order valence-corrected chi connectivity index (χ3v) is 6.10. The molecule has 0 amide bonds. The zero-order valence-corrected chi connectivity index (χ0v) is 14.7. The molecule has 4 heterocycles. The Balaban J connectivity index is 1.62.